The van der Waals surface area contributed by atoms with Crippen LogP contribution in [0.2, 0.25) is 0 Å². The van der Waals surface area contributed by atoms with Gasteiger partial charge in [-0.15, -0.1) is 0 Å². The van der Waals surface area contributed by atoms with Crippen LogP contribution in [-0.2, 0) is 14.6 Å². The third-order valence-electron chi connectivity index (χ3n) is 2.86. The van der Waals surface area contributed by atoms with Gasteiger partial charge in [-0.2, -0.15) is 0 Å². The summed E-state index contributed by atoms with van der Waals surface area (Å²) in [5.74, 6) is -0.803. The lowest BCUT2D eigenvalue weighted by molar-refractivity contribution is -0.121. The summed E-state index contributed by atoms with van der Waals surface area (Å²) in [5, 5.41) is 13.4. The van der Waals surface area contributed by atoms with Gasteiger partial charge >= 0.3 is 0 Å². The van der Waals surface area contributed by atoms with Gasteiger partial charge in [0, 0.05) is 11.7 Å². The first-order valence-electron chi connectivity index (χ1n) is 6.44. The number of aliphatic hydroxyl groups excluding tert-OH is 1. The third-order valence-corrected chi connectivity index (χ3v) is 3.89. The van der Waals surface area contributed by atoms with Gasteiger partial charge < -0.3 is 10.4 Å². The molecule has 5 nitrogen and oxygen atoms in total. The Balaban J connectivity index is 2.85. The molecule has 0 saturated carbocycles. The van der Waals surface area contributed by atoms with Gasteiger partial charge in [0.2, 0.25) is 0 Å². The molecule has 9 heteroatoms. The van der Waals surface area contributed by atoms with Gasteiger partial charge in [-0.1, -0.05) is 47.5 Å². The van der Waals surface area contributed by atoms with Crippen LogP contribution < -0.4 is 5.32 Å². The molecule has 0 spiro atoms. The monoisotopic (exact) mass is 383 g/mol. The Bertz CT molecular complexity index is 662. The van der Waals surface area contributed by atoms with Crippen LogP contribution in [0.15, 0.2) is 29.7 Å². The molecule has 23 heavy (non-hydrogen) atoms. The van der Waals surface area contributed by atoms with Crippen LogP contribution in [0.25, 0.3) is 6.08 Å². The van der Waals surface area contributed by atoms with E-state index in [0.717, 1.165) is 11.7 Å². The molecule has 0 aromatic heterocycles. The van der Waals surface area contributed by atoms with Crippen LogP contribution in [0.3, 0.4) is 0 Å². The number of halogens is 3. The Labute approximate surface area is 144 Å². The van der Waals surface area contributed by atoms with Gasteiger partial charge in [0.05, 0.1) is 6.04 Å². The summed E-state index contributed by atoms with van der Waals surface area (Å²) in [6.45, 7) is -1.01. The second-order valence-corrected chi connectivity index (χ2v) is 7.84. The molecule has 1 aromatic carbocycles. The van der Waals surface area contributed by atoms with Gasteiger partial charge in [-0.3, -0.25) is 4.79 Å². The molecule has 128 valence electrons. The number of carbonyl (C=O) groups is 1. The lowest BCUT2D eigenvalue weighted by atomic mass is 10.0. The fourth-order valence-electron chi connectivity index (χ4n) is 1.69. The Morgan fingerprint density at radius 2 is 1.91 bits per heavy atom. The van der Waals surface area contributed by atoms with E-state index >= 15 is 0 Å². The van der Waals surface area contributed by atoms with Crippen molar-refractivity contribution in [1.29, 1.82) is 0 Å². The fraction of sp³-hybridized carbons (Fsp3) is 0.357. The van der Waals surface area contributed by atoms with Gasteiger partial charge in [-0.05, 0) is 17.2 Å². The van der Waals surface area contributed by atoms with E-state index in [1.54, 1.807) is 12.1 Å². The summed E-state index contributed by atoms with van der Waals surface area (Å²) in [7, 11) is -3.24. The zero-order valence-electron chi connectivity index (χ0n) is 12.1. The van der Waals surface area contributed by atoms with Gasteiger partial charge in [0.15, 0.2) is 14.7 Å². The van der Waals surface area contributed by atoms with E-state index < -0.39 is 39.4 Å². The number of sulfone groups is 1. The maximum Gasteiger partial charge on any atom is 0.253 e. The normalized spacial score (nSPS) is 14.9. The minimum absolute atomic E-state index is 0.352. The number of benzene rings is 1. The van der Waals surface area contributed by atoms with Crippen LogP contribution >= 0.6 is 23.2 Å². The molecular formula is C14H16Cl2FNO4S. The molecule has 2 atom stereocenters. The second-order valence-electron chi connectivity index (χ2n) is 4.81. The smallest absolute Gasteiger partial charge is 0.253 e. The summed E-state index contributed by atoms with van der Waals surface area (Å²) in [6, 6.07) is 4.92. The lowest BCUT2D eigenvalue weighted by Crippen LogP contribution is -2.43. The molecule has 0 heterocycles. The molecule has 1 aromatic rings. The highest BCUT2D eigenvalue weighted by Crippen LogP contribution is 2.19. The van der Waals surface area contributed by atoms with E-state index in [9.17, 15) is 22.7 Å². The van der Waals surface area contributed by atoms with E-state index in [1.807, 2.05) is 0 Å². The number of nitrogens with one attached hydrogen (secondary N) is 1. The van der Waals surface area contributed by atoms with Gasteiger partial charge in [0.1, 0.15) is 12.8 Å². The van der Waals surface area contributed by atoms with Gasteiger partial charge in [-0.25, -0.2) is 12.8 Å². The zero-order valence-corrected chi connectivity index (χ0v) is 14.4. The Morgan fingerprint density at radius 1 is 1.35 bits per heavy atom. The van der Waals surface area contributed by atoms with Crippen LogP contribution in [0.5, 0.6) is 0 Å². The van der Waals surface area contributed by atoms with Crippen molar-refractivity contribution in [2.75, 3.05) is 12.9 Å². The van der Waals surface area contributed by atoms with Crippen molar-refractivity contribution in [2.45, 2.75) is 17.0 Å². The number of hydrogen-bond acceptors (Lipinski definition) is 4. The Morgan fingerprint density at radius 3 is 2.35 bits per heavy atom. The quantitative estimate of drug-likeness (QED) is 0.705. The molecule has 1 amide bonds. The van der Waals surface area contributed by atoms with Crippen molar-refractivity contribution >= 4 is 45.0 Å². The summed E-state index contributed by atoms with van der Waals surface area (Å²) in [5.41, 5.74) is 0.943. The first-order chi connectivity index (χ1) is 10.6. The molecule has 0 bridgehead atoms. The van der Waals surface area contributed by atoms with E-state index in [2.05, 4.69) is 5.32 Å². The van der Waals surface area contributed by atoms with Crippen LogP contribution in [0.4, 0.5) is 4.39 Å². The van der Waals surface area contributed by atoms with E-state index in [0.29, 0.717) is 11.1 Å². The predicted molar refractivity (Wildman–Crippen MR) is 88.7 cm³/mol. The molecule has 0 aliphatic rings. The van der Waals surface area contributed by atoms with Crippen molar-refractivity contribution in [3.63, 3.8) is 0 Å². The molecule has 0 saturated heterocycles. The minimum atomic E-state index is -3.24. The SMILES string of the molecule is CS(=O)(=O)/C=C/c1ccc([C@@H](O)[C@@H](CF)NC(=O)C(Cl)Cl)cc1. The Kier molecular flexibility index (Phi) is 7.47. The summed E-state index contributed by atoms with van der Waals surface area (Å²) in [6.07, 6.45) is 1.16. The highest BCUT2D eigenvalue weighted by atomic mass is 35.5. The standard InChI is InChI=1S/C14H16Cl2FNO4S/c1-23(21,22)7-6-9-2-4-10(5-3-9)12(19)11(8-17)18-14(20)13(15)16/h2-7,11-13,19H,8H2,1H3,(H,18,20)/b7-6+/t11-,12-/m1/s1. The highest BCUT2D eigenvalue weighted by molar-refractivity contribution is 7.93. The largest absolute Gasteiger partial charge is 0.386 e. The van der Waals surface area contributed by atoms with Gasteiger partial charge in [0.25, 0.3) is 5.91 Å². The predicted octanol–water partition coefficient (Wildman–Crippen LogP) is 1.99. The number of hydrogen-bond donors (Lipinski definition) is 2. The Hall–Kier alpha value is -1.15. The van der Waals surface area contributed by atoms with E-state index in [4.69, 9.17) is 23.2 Å². The molecule has 0 aliphatic carbocycles. The second kappa shape index (κ2) is 8.63. The maximum atomic E-state index is 13.0. The number of alkyl halides is 3. The molecule has 0 radical (unpaired) electrons. The fourth-order valence-corrected chi connectivity index (χ4v) is 2.22. The first kappa shape index (κ1) is 19.9. The average Bonchev–Trinajstić information content (AvgIpc) is 2.49. The number of amides is 1. The van der Waals surface area contributed by atoms with Crippen molar-refractivity contribution in [3.8, 4) is 0 Å². The molecular weight excluding hydrogens is 368 g/mol. The molecule has 0 aliphatic heterocycles. The van der Waals surface area contributed by atoms with Crippen LogP contribution in [0, 0.1) is 0 Å². The van der Waals surface area contributed by atoms with Crippen LogP contribution in [0.1, 0.15) is 17.2 Å². The first-order valence-corrected chi connectivity index (χ1v) is 9.27. The number of aliphatic hydroxyl groups is 1. The highest BCUT2D eigenvalue weighted by Gasteiger charge is 2.25. The summed E-state index contributed by atoms with van der Waals surface area (Å²) < 4.78 is 35.1. The maximum absolute atomic E-state index is 13.0. The van der Waals surface area contributed by atoms with Crippen molar-refractivity contribution in [3.05, 3.63) is 40.8 Å². The number of carbonyl (C=O) groups excluding carboxylic acids is 1. The third kappa shape index (κ3) is 6.87. The zero-order chi connectivity index (χ0) is 17.6. The van der Waals surface area contributed by atoms with E-state index in [-0.39, 0.29) is 0 Å². The van der Waals surface area contributed by atoms with Crippen molar-refractivity contribution in [2.24, 2.45) is 0 Å². The molecule has 1 rings (SSSR count). The minimum Gasteiger partial charge on any atom is -0.386 e. The topological polar surface area (TPSA) is 83.5 Å². The summed E-state index contributed by atoms with van der Waals surface area (Å²) in [4.78, 5) is 10.0. The molecule has 2 N–H and O–H groups in total. The molecule has 0 unspecified atom stereocenters. The van der Waals surface area contributed by atoms with Crippen molar-refractivity contribution < 1.29 is 22.7 Å². The lowest BCUT2D eigenvalue weighted by Gasteiger charge is -2.22. The molecule has 0 fully saturated rings. The number of rotatable bonds is 7. The van der Waals surface area contributed by atoms with E-state index in [1.165, 1.54) is 18.2 Å². The van der Waals surface area contributed by atoms with Crippen molar-refractivity contribution in [1.82, 2.24) is 5.32 Å². The average molecular weight is 384 g/mol. The van der Waals surface area contributed by atoms with Crippen LogP contribution in [-0.4, -0.2) is 43.2 Å². The summed E-state index contributed by atoms with van der Waals surface area (Å²) >= 11 is 10.7.